The Morgan fingerprint density at radius 3 is 2.75 bits per heavy atom. The minimum Gasteiger partial charge on any atom is -0.463 e. The summed E-state index contributed by atoms with van der Waals surface area (Å²) in [5.74, 6) is -3.28. The fourth-order valence-corrected chi connectivity index (χ4v) is 2.96. The van der Waals surface area contributed by atoms with Gasteiger partial charge in [-0.3, -0.25) is 9.59 Å². The highest BCUT2D eigenvalue weighted by atomic mass is 19.1. The highest BCUT2D eigenvalue weighted by Gasteiger charge is 2.33. The Morgan fingerprint density at radius 2 is 2.00 bits per heavy atom. The van der Waals surface area contributed by atoms with Crippen LogP contribution in [0.15, 0.2) is 29.5 Å². The van der Waals surface area contributed by atoms with Gasteiger partial charge in [-0.25, -0.2) is 14.0 Å². The molecular formula is C18H18FN3O6. The molecule has 9 nitrogen and oxygen atoms in total. The number of esters is 2. The molecule has 3 amide bonds. The molecule has 0 spiro atoms. The van der Waals surface area contributed by atoms with Crippen molar-refractivity contribution >= 4 is 29.6 Å². The summed E-state index contributed by atoms with van der Waals surface area (Å²) in [6.07, 6.45) is -0.158. The predicted octanol–water partition coefficient (Wildman–Crippen LogP) is 0.925. The van der Waals surface area contributed by atoms with Gasteiger partial charge in [0.15, 0.2) is 0 Å². The van der Waals surface area contributed by atoms with E-state index in [0.29, 0.717) is 5.56 Å². The number of urea groups is 1. The van der Waals surface area contributed by atoms with Crippen LogP contribution in [-0.2, 0) is 23.9 Å². The molecule has 0 saturated carbocycles. The van der Waals surface area contributed by atoms with Crippen LogP contribution in [0.2, 0.25) is 0 Å². The highest BCUT2D eigenvalue weighted by Crippen LogP contribution is 2.33. The number of benzene rings is 1. The zero-order chi connectivity index (χ0) is 20.3. The van der Waals surface area contributed by atoms with Crippen molar-refractivity contribution < 1.29 is 33.0 Å². The van der Waals surface area contributed by atoms with Gasteiger partial charge >= 0.3 is 18.0 Å². The molecule has 2 aliphatic heterocycles. The Labute approximate surface area is 159 Å². The minimum absolute atomic E-state index is 0.0640. The monoisotopic (exact) mass is 391 g/mol. The van der Waals surface area contributed by atoms with Gasteiger partial charge in [0.25, 0.3) is 0 Å². The molecule has 0 radical (unpaired) electrons. The second-order valence-electron chi connectivity index (χ2n) is 6.13. The number of fused-ring (bicyclic) bond motifs is 1. The molecule has 3 N–H and O–H groups in total. The van der Waals surface area contributed by atoms with E-state index in [1.807, 2.05) is 0 Å². The molecule has 10 heteroatoms. The van der Waals surface area contributed by atoms with Crippen LogP contribution >= 0.6 is 0 Å². The lowest BCUT2D eigenvalue weighted by atomic mass is 9.90. The van der Waals surface area contributed by atoms with E-state index in [-0.39, 0.29) is 43.1 Å². The summed E-state index contributed by atoms with van der Waals surface area (Å²) in [5, 5.41) is 7.37. The van der Waals surface area contributed by atoms with Gasteiger partial charge in [0.2, 0.25) is 5.91 Å². The van der Waals surface area contributed by atoms with E-state index in [1.54, 1.807) is 6.92 Å². The number of halogens is 1. The molecule has 0 aliphatic carbocycles. The molecule has 2 aliphatic rings. The molecule has 2 heterocycles. The van der Waals surface area contributed by atoms with E-state index < -0.39 is 35.6 Å². The first-order chi connectivity index (χ1) is 13.4. The van der Waals surface area contributed by atoms with Gasteiger partial charge in [-0.05, 0) is 24.6 Å². The molecule has 28 heavy (non-hydrogen) atoms. The van der Waals surface area contributed by atoms with Crippen molar-refractivity contribution in [3.63, 3.8) is 0 Å². The van der Waals surface area contributed by atoms with Crippen molar-refractivity contribution in [2.24, 2.45) is 0 Å². The smallest absolute Gasteiger partial charge is 0.337 e. The van der Waals surface area contributed by atoms with Gasteiger partial charge in [-0.2, -0.15) is 0 Å². The van der Waals surface area contributed by atoms with Gasteiger partial charge in [-0.1, -0.05) is 6.07 Å². The number of carbonyl (C=O) groups is 4. The van der Waals surface area contributed by atoms with Gasteiger partial charge in [0.05, 0.1) is 30.3 Å². The van der Waals surface area contributed by atoms with Crippen LogP contribution in [-0.4, -0.2) is 43.6 Å². The molecule has 1 aromatic rings. The van der Waals surface area contributed by atoms with Crippen molar-refractivity contribution in [3.8, 4) is 0 Å². The van der Waals surface area contributed by atoms with Crippen molar-refractivity contribution in [1.82, 2.24) is 10.6 Å². The number of nitrogens with one attached hydrogen (secondary N) is 3. The van der Waals surface area contributed by atoms with Crippen LogP contribution in [0, 0.1) is 5.82 Å². The summed E-state index contributed by atoms with van der Waals surface area (Å²) in [4.78, 5) is 47.9. The first-order valence-corrected chi connectivity index (χ1v) is 8.59. The summed E-state index contributed by atoms with van der Waals surface area (Å²) in [6.45, 7) is 1.34. The maximum Gasteiger partial charge on any atom is 0.337 e. The SMILES string of the molecule is CCOC(=O)C1=C(COC(=O)C2CC(=O)Nc3cc(F)ccc32)NC(=O)NC1. The van der Waals surface area contributed by atoms with Crippen molar-refractivity contribution in [3.05, 3.63) is 40.8 Å². The Kier molecular flexibility index (Phi) is 5.57. The van der Waals surface area contributed by atoms with E-state index in [4.69, 9.17) is 9.47 Å². The number of amides is 3. The average molecular weight is 391 g/mol. The third kappa shape index (κ3) is 4.11. The van der Waals surface area contributed by atoms with E-state index in [1.165, 1.54) is 12.1 Å². The number of hydrogen-bond acceptors (Lipinski definition) is 6. The molecule has 0 fully saturated rings. The molecule has 1 atom stereocenters. The van der Waals surface area contributed by atoms with E-state index >= 15 is 0 Å². The summed E-state index contributed by atoms with van der Waals surface area (Å²) in [5.41, 5.74) is 0.882. The van der Waals surface area contributed by atoms with Crippen molar-refractivity contribution in [2.75, 3.05) is 25.1 Å². The lowest BCUT2D eigenvalue weighted by Gasteiger charge is -2.25. The van der Waals surface area contributed by atoms with Crippen LogP contribution < -0.4 is 16.0 Å². The largest absolute Gasteiger partial charge is 0.463 e. The van der Waals surface area contributed by atoms with Crippen LogP contribution in [0.3, 0.4) is 0 Å². The summed E-state index contributed by atoms with van der Waals surface area (Å²) < 4.78 is 23.6. The van der Waals surface area contributed by atoms with Crippen LogP contribution in [0.5, 0.6) is 0 Å². The number of carbonyl (C=O) groups excluding carboxylic acids is 4. The number of rotatable bonds is 5. The predicted molar refractivity (Wildman–Crippen MR) is 93.5 cm³/mol. The second kappa shape index (κ2) is 8.07. The topological polar surface area (TPSA) is 123 Å². The maximum atomic E-state index is 13.4. The third-order valence-corrected chi connectivity index (χ3v) is 4.27. The molecule has 0 aromatic heterocycles. The normalized spacial score (nSPS) is 18.4. The quantitative estimate of drug-likeness (QED) is 0.642. The van der Waals surface area contributed by atoms with Crippen molar-refractivity contribution in [2.45, 2.75) is 19.3 Å². The average Bonchev–Trinajstić information content (AvgIpc) is 2.65. The van der Waals surface area contributed by atoms with Gasteiger partial charge in [0, 0.05) is 12.1 Å². The molecule has 0 saturated heterocycles. The third-order valence-electron chi connectivity index (χ3n) is 4.27. The summed E-state index contributed by atoms with van der Waals surface area (Å²) >= 11 is 0. The molecule has 148 valence electrons. The van der Waals surface area contributed by atoms with Crippen molar-refractivity contribution in [1.29, 1.82) is 0 Å². The van der Waals surface area contributed by atoms with Crippen LogP contribution in [0.4, 0.5) is 14.9 Å². The van der Waals surface area contributed by atoms with Gasteiger partial charge < -0.3 is 25.4 Å². The van der Waals surface area contributed by atoms with Crippen LogP contribution in [0.1, 0.15) is 24.8 Å². The fourth-order valence-electron chi connectivity index (χ4n) is 2.96. The number of hydrogen-bond donors (Lipinski definition) is 3. The van der Waals surface area contributed by atoms with E-state index in [9.17, 15) is 23.6 Å². The standard InChI is InChI=1S/C18H18FN3O6/c1-2-27-17(25)12-7-20-18(26)22-14(12)8-28-16(24)11-6-15(23)21-13-5-9(19)3-4-10(11)13/h3-5,11H,2,6-8H2,1H3,(H,21,23)(H2,20,22,26). The summed E-state index contributed by atoms with van der Waals surface area (Å²) in [7, 11) is 0. The zero-order valence-corrected chi connectivity index (χ0v) is 15.0. The second-order valence-corrected chi connectivity index (χ2v) is 6.13. The Morgan fingerprint density at radius 1 is 1.21 bits per heavy atom. The lowest BCUT2D eigenvalue weighted by molar-refractivity contribution is -0.146. The number of anilines is 1. The van der Waals surface area contributed by atoms with E-state index in [0.717, 1.165) is 6.07 Å². The first kappa shape index (κ1) is 19.3. The van der Waals surface area contributed by atoms with E-state index in [2.05, 4.69) is 16.0 Å². The zero-order valence-electron chi connectivity index (χ0n) is 15.0. The Balaban J connectivity index is 1.77. The van der Waals surface area contributed by atoms with Gasteiger partial charge in [-0.15, -0.1) is 0 Å². The Hall–Kier alpha value is -3.43. The molecular weight excluding hydrogens is 373 g/mol. The molecule has 3 rings (SSSR count). The first-order valence-electron chi connectivity index (χ1n) is 8.59. The summed E-state index contributed by atoms with van der Waals surface area (Å²) in [6, 6.07) is 3.18. The molecule has 0 bridgehead atoms. The van der Waals surface area contributed by atoms with Gasteiger partial charge in [0.1, 0.15) is 12.4 Å². The maximum absolute atomic E-state index is 13.4. The molecule has 1 unspecified atom stereocenters. The number of ether oxygens (including phenoxy) is 2. The molecule has 1 aromatic carbocycles. The highest BCUT2D eigenvalue weighted by molar-refractivity contribution is 6.00. The van der Waals surface area contributed by atoms with Crippen LogP contribution in [0.25, 0.3) is 0 Å². The minimum atomic E-state index is -0.923. The Bertz CT molecular complexity index is 882. The fraction of sp³-hybridized carbons (Fsp3) is 0.333. The lowest BCUT2D eigenvalue weighted by Crippen LogP contribution is -2.45.